The van der Waals surface area contributed by atoms with Gasteiger partial charge >= 0.3 is 5.97 Å². The van der Waals surface area contributed by atoms with Crippen molar-refractivity contribution in [3.05, 3.63) is 0 Å². The maximum absolute atomic E-state index is 10.8. The van der Waals surface area contributed by atoms with Gasteiger partial charge < -0.3 is 10.0 Å². The zero-order chi connectivity index (χ0) is 12.0. The Kier molecular flexibility index (Phi) is 5.77. The predicted molar refractivity (Wildman–Crippen MR) is 64.6 cm³/mol. The van der Waals surface area contributed by atoms with E-state index >= 15 is 0 Å². The molecule has 0 aliphatic carbocycles. The number of aliphatic carboxylic acids is 1. The van der Waals surface area contributed by atoms with Crippen molar-refractivity contribution in [1.29, 1.82) is 0 Å². The molecule has 94 valence electrons. The normalized spacial score (nSPS) is 23.3. The monoisotopic (exact) mass is 228 g/mol. The zero-order valence-corrected chi connectivity index (χ0v) is 10.5. The maximum Gasteiger partial charge on any atom is 0.317 e. The molecule has 0 spiro atoms. The van der Waals surface area contributed by atoms with E-state index in [2.05, 4.69) is 23.8 Å². The van der Waals surface area contributed by atoms with Gasteiger partial charge in [-0.1, -0.05) is 6.92 Å². The number of carboxylic acid groups (broad SMARTS) is 1. The molecule has 1 N–H and O–H groups in total. The summed E-state index contributed by atoms with van der Waals surface area (Å²) in [5.74, 6) is -0.703. The summed E-state index contributed by atoms with van der Waals surface area (Å²) in [6.45, 7) is 5.44. The molecule has 1 heterocycles. The van der Waals surface area contributed by atoms with E-state index in [4.69, 9.17) is 5.11 Å². The fraction of sp³-hybridized carbons (Fsp3) is 0.917. The summed E-state index contributed by atoms with van der Waals surface area (Å²) in [6, 6.07) is 0.459. The minimum atomic E-state index is -0.703. The SMILES string of the molecule is CCCN(CC(=O)O)C1CCCN(C)CC1. The topological polar surface area (TPSA) is 43.8 Å². The standard InChI is InChI=1S/C12H24N2O2/c1-3-7-14(10-12(15)16)11-5-4-8-13(2)9-6-11/h11H,3-10H2,1-2H3,(H,15,16). The highest BCUT2D eigenvalue weighted by Gasteiger charge is 2.22. The van der Waals surface area contributed by atoms with Crippen LogP contribution in [0.1, 0.15) is 32.6 Å². The first-order valence-electron chi connectivity index (χ1n) is 6.28. The van der Waals surface area contributed by atoms with Gasteiger partial charge in [0.15, 0.2) is 0 Å². The van der Waals surface area contributed by atoms with Gasteiger partial charge in [0, 0.05) is 6.04 Å². The first kappa shape index (κ1) is 13.5. The molecule has 1 saturated heterocycles. The van der Waals surface area contributed by atoms with E-state index in [-0.39, 0.29) is 6.54 Å². The van der Waals surface area contributed by atoms with Gasteiger partial charge in [0.2, 0.25) is 0 Å². The molecule has 0 aromatic heterocycles. The molecule has 0 aromatic carbocycles. The van der Waals surface area contributed by atoms with Gasteiger partial charge in [-0.05, 0) is 52.4 Å². The summed E-state index contributed by atoms with van der Waals surface area (Å²) in [6.07, 6.45) is 4.45. The van der Waals surface area contributed by atoms with Crippen LogP contribution in [0.2, 0.25) is 0 Å². The number of hydrogen-bond donors (Lipinski definition) is 1. The van der Waals surface area contributed by atoms with Gasteiger partial charge in [0.05, 0.1) is 6.54 Å². The molecule has 16 heavy (non-hydrogen) atoms. The molecule has 4 nitrogen and oxygen atoms in total. The lowest BCUT2D eigenvalue weighted by atomic mass is 10.1. The van der Waals surface area contributed by atoms with Crippen molar-refractivity contribution in [2.24, 2.45) is 0 Å². The molecule has 1 aliphatic heterocycles. The Hall–Kier alpha value is -0.610. The number of nitrogens with zero attached hydrogens (tertiary/aromatic N) is 2. The lowest BCUT2D eigenvalue weighted by Crippen LogP contribution is -2.40. The van der Waals surface area contributed by atoms with Crippen LogP contribution >= 0.6 is 0 Å². The zero-order valence-electron chi connectivity index (χ0n) is 10.5. The van der Waals surface area contributed by atoms with Crippen LogP contribution in [0.4, 0.5) is 0 Å². The molecule has 1 atom stereocenters. The molecule has 4 heteroatoms. The van der Waals surface area contributed by atoms with Crippen LogP contribution in [-0.4, -0.2) is 60.1 Å². The molecule has 0 amide bonds. The molecule has 1 unspecified atom stereocenters. The van der Waals surface area contributed by atoms with Crippen LogP contribution in [0, 0.1) is 0 Å². The predicted octanol–water partition coefficient (Wildman–Crippen LogP) is 1.27. The van der Waals surface area contributed by atoms with E-state index in [1.165, 1.54) is 6.42 Å². The maximum atomic E-state index is 10.8. The van der Waals surface area contributed by atoms with E-state index in [9.17, 15) is 4.79 Å². The van der Waals surface area contributed by atoms with Crippen molar-refractivity contribution in [2.75, 3.05) is 33.2 Å². The first-order chi connectivity index (χ1) is 7.63. The summed E-state index contributed by atoms with van der Waals surface area (Å²) < 4.78 is 0. The second-order valence-corrected chi connectivity index (χ2v) is 4.75. The van der Waals surface area contributed by atoms with Crippen molar-refractivity contribution < 1.29 is 9.90 Å². The Labute approximate surface area is 98.2 Å². The third-order valence-corrected chi connectivity index (χ3v) is 3.29. The molecular formula is C12H24N2O2. The highest BCUT2D eigenvalue weighted by Crippen LogP contribution is 2.16. The summed E-state index contributed by atoms with van der Waals surface area (Å²) in [5.41, 5.74) is 0. The summed E-state index contributed by atoms with van der Waals surface area (Å²) in [7, 11) is 2.14. The van der Waals surface area contributed by atoms with Gasteiger partial charge in [-0.25, -0.2) is 0 Å². The van der Waals surface area contributed by atoms with Crippen molar-refractivity contribution in [3.63, 3.8) is 0 Å². The van der Waals surface area contributed by atoms with E-state index in [0.29, 0.717) is 6.04 Å². The molecule has 0 aromatic rings. The fourth-order valence-electron chi connectivity index (χ4n) is 2.44. The molecule has 1 fully saturated rings. The number of likely N-dealkylation sites (tertiary alicyclic amines) is 1. The third kappa shape index (κ3) is 4.49. The fourth-order valence-corrected chi connectivity index (χ4v) is 2.44. The highest BCUT2D eigenvalue weighted by molar-refractivity contribution is 5.69. The number of carbonyl (C=O) groups is 1. The van der Waals surface area contributed by atoms with Crippen molar-refractivity contribution in [1.82, 2.24) is 9.80 Å². The molecule has 0 radical (unpaired) electrons. The summed E-state index contributed by atoms with van der Waals surface area (Å²) in [5, 5.41) is 8.91. The Balaban J connectivity index is 2.51. The lowest BCUT2D eigenvalue weighted by molar-refractivity contribution is -0.139. The van der Waals surface area contributed by atoms with Gasteiger partial charge in [-0.2, -0.15) is 0 Å². The van der Waals surface area contributed by atoms with Crippen LogP contribution in [-0.2, 0) is 4.79 Å². The number of hydrogen-bond acceptors (Lipinski definition) is 3. The Morgan fingerprint density at radius 2 is 2.19 bits per heavy atom. The van der Waals surface area contributed by atoms with E-state index in [0.717, 1.165) is 38.9 Å². The second kappa shape index (κ2) is 6.86. The average molecular weight is 228 g/mol. The third-order valence-electron chi connectivity index (χ3n) is 3.29. The van der Waals surface area contributed by atoms with Gasteiger partial charge in [0.1, 0.15) is 0 Å². The smallest absolute Gasteiger partial charge is 0.317 e. The van der Waals surface area contributed by atoms with Crippen LogP contribution in [0.5, 0.6) is 0 Å². The summed E-state index contributed by atoms with van der Waals surface area (Å²) in [4.78, 5) is 15.3. The molecular weight excluding hydrogens is 204 g/mol. The second-order valence-electron chi connectivity index (χ2n) is 4.75. The Morgan fingerprint density at radius 1 is 1.44 bits per heavy atom. The van der Waals surface area contributed by atoms with Gasteiger partial charge in [0.25, 0.3) is 0 Å². The van der Waals surface area contributed by atoms with E-state index < -0.39 is 5.97 Å². The Morgan fingerprint density at radius 3 is 2.81 bits per heavy atom. The van der Waals surface area contributed by atoms with Crippen molar-refractivity contribution in [3.8, 4) is 0 Å². The quantitative estimate of drug-likeness (QED) is 0.769. The number of rotatable bonds is 5. The van der Waals surface area contributed by atoms with E-state index in [1.807, 2.05) is 0 Å². The first-order valence-corrected chi connectivity index (χ1v) is 6.28. The van der Waals surface area contributed by atoms with Crippen LogP contribution in [0.3, 0.4) is 0 Å². The minimum Gasteiger partial charge on any atom is -0.480 e. The average Bonchev–Trinajstić information content (AvgIpc) is 2.42. The highest BCUT2D eigenvalue weighted by atomic mass is 16.4. The molecule has 0 saturated carbocycles. The minimum absolute atomic E-state index is 0.197. The largest absolute Gasteiger partial charge is 0.480 e. The van der Waals surface area contributed by atoms with Crippen molar-refractivity contribution >= 4 is 5.97 Å². The molecule has 1 aliphatic rings. The van der Waals surface area contributed by atoms with E-state index in [1.54, 1.807) is 0 Å². The van der Waals surface area contributed by atoms with Crippen LogP contribution in [0.15, 0.2) is 0 Å². The molecule has 0 bridgehead atoms. The summed E-state index contributed by atoms with van der Waals surface area (Å²) >= 11 is 0. The van der Waals surface area contributed by atoms with Gasteiger partial charge in [-0.3, -0.25) is 9.69 Å². The lowest BCUT2D eigenvalue weighted by Gasteiger charge is -2.29. The molecule has 1 rings (SSSR count). The van der Waals surface area contributed by atoms with Gasteiger partial charge in [-0.15, -0.1) is 0 Å². The van der Waals surface area contributed by atoms with Crippen molar-refractivity contribution in [2.45, 2.75) is 38.6 Å². The Bertz CT molecular complexity index is 221. The van der Waals surface area contributed by atoms with Crippen LogP contribution < -0.4 is 0 Å². The van der Waals surface area contributed by atoms with Crippen LogP contribution in [0.25, 0.3) is 0 Å². The number of carboxylic acids is 1.